The summed E-state index contributed by atoms with van der Waals surface area (Å²) in [6.45, 7) is 0.748. The van der Waals surface area contributed by atoms with Gasteiger partial charge in [-0.1, -0.05) is 0 Å². The van der Waals surface area contributed by atoms with Crippen molar-refractivity contribution in [1.29, 1.82) is 0 Å². The summed E-state index contributed by atoms with van der Waals surface area (Å²) >= 11 is 1.26. The summed E-state index contributed by atoms with van der Waals surface area (Å²) in [4.78, 5) is 0.814. The Bertz CT molecular complexity index is 296. The van der Waals surface area contributed by atoms with Crippen molar-refractivity contribution < 1.29 is 14.6 Å². The van der Waals surface area contributed by atoms with Crippen LogP contribution in [0, 0.1) is 0 Å². The number of methoxy groups -OCH3 is 1. The second kappa shape index (κ2) is 4.25. The summed E-state index contributed by atoms with van der Waals surface area (Å²) in [7, 11) is 1.57. The molecule has 4 nitrogen and oxygen atoms in total. The average molecular weight is 215 g/mol. The number of aromatic nitrogens is 1. The summed E-state index contributed by atoms with van der Waals surface area (Å²) in [6, 6.07) is 1.76. The van der Waals surface area contributed by atoms with Crippen molar-refractivity contribution in [3.8, 4) is 5.88 Å². The molecule has 14 heavy (non-hydrogen) atoms. The van der Waals surface area contributed by atoms with Crippen LogP contribution in [0.15, 0.2) is 6.07 Å². The van der Waals surface area contributed by atoms with Crippen LogP contribution in [-0.4, -0.2) is 29.3 Å². The molecule has 1 saturated heterocycles. The Morgan fingerprint density at radius 1 is 1.79 bits per heavy atom. The highest BCUT2D eigenvalue weighted by atomic mass is 32.1. The fourth-order valence-electron chi connectivity index (χ4n) is 1.54. The number of rotatable bonds is 3. The van der Waals surface area contributed by atoms with Gasteiger partial charge in [0.15, 0.2) is 0 Å². The first kappa shape index (κ1) is 9.89. The quantitative estimate of drug-likeness (QED) is 0.827. The SMILES string of the molecule is COc1cc(C(O)C2CCCO2)sn1. The Hall–Kier alpha value is -0.650. The highest BCUT2D eigenvalue weighted by molar-refractivity contribution is 7.06. The molecule has 2 heterocycles. The molecule has 1 fully saturated rings. The van der Waals surface area contributed by atoms with Crippen LogP contribution in [0.2, 0.25) is 0 Å². The molecule has 2 atom stereocenters. The van der Waals surface area contributed by atoms with Crippen LogP contribution < -0.4 is 4.74 Å². The molecule has 5 heteroatoms. The number of hydrogen-bond donors (Lipinski definition) is 1. The fraction of sp³-hybridized carbons (Fsp3) is 0.667. The summed E-state index contributed by atoms with van der Waals surface area (Å²) < 4.78 is 14.4. The van der Waals surface area contributed by atoms with Crippen molar-refractivity contribution in [2.75, 3.05) is 13.7 Å². The maximum absolute atomic E-state index is 9.92. The van der Waals surface area contributed by atoms with Gasteiger partial charge in [-0.3, -0.25) is 0 Å². The zero-order chi connectivity index (χ0) is 9.97. The standard InChI is InChI=1S/C9H13NO3S/c1-12-8-5-7(14-10-8)9(11)6-3-2-4-13-6/h5-6,9,11H,2-4H2,1H3. The number of hydrogen-bond acceptors (Lipinski definition) is 5. The Kier molecular flexibility index (Phi) is 3.00. The second-order valence-electron chi connectivity index (χ2n) is 3.27. The zero-order valence-corrected chi connectivity index (χ0v) is 8.79. The van der Waals surface area contributed by atoms with Gasteiger partial charge in [-0.2, -0.15) is 4.37 Å². The minimum atomic E-state index is -0.557. The molecule has 0 radical (unpaired) electrons. The topological polar surface area (TPSA) is 51.6 Å². The third kappa shape index (κ3) is 1.89. The molecule has 0 aromatic carbocycles. The van der Waals surface area contributed by atoms with E-state index in [2.05, 4.69) is 4.37 Å². The molecule has 1 aromatic rings. The minimum absolute atomic E-state index is 0.0693. The molecule has 1 aliphatic rings. The Morgan fingerprint density at radius 2 is 2.64 bits per heavy atom. The smallest absolute Gasteiger partial charge is 0.225 e. The molecule has 2 rings (SSSR count). The van der Waals surface area contributed by atoms with Gasteiger partial charge < -0.3 is 14.6 Å². The van der Waals surface area contributed by atoms with Crippen molar-refractivity contribution in [2.24, 2.45) is 0 Å². The van der Waals surface area contributed by atoms with Crippen LogP contribution in [0.4, 0.5) is 0 Å². The van der Waals surface area contributed by atoms with Gasteiger partial charge in [0.1, 0.15) is 6.10 Å². The van der Waals surface area contributed by atoms with E-state index in [9.17, 15) is 5.11 Å². The van der Waals surface area contributed by atoms with Crippen molar-refractivity contribution in [2.45, 2.75) is 25.0 Å². The van der Waals surface area contributed by atoms with E-state index < -0.39 is 6.10 Å². The molecule has 0 spiro atoms. The van der Waals surface area contributed by atoms with E-state index in [0.29, 0.717) is 5.88 Å². The third-order valence-corrected chi connectivity index (χ3v) is 3.17. The lowest BCUT2D eigenvalue weighted by atomic mass is 10.1. The molecule has 0 amide bonds. The van der Waals surface area contributed by atoms with Gasteiger partial charge in [0.2, 0.25) is 5.88 Å². The third-order valence-electron chi connectivity index (χ3n) is 2.32. The maximum atomic E-state index is 9.92. The summed E-state index contributed by atoms with van der Waals surface area (Å²) in [5.74, 6) is 0.557. The van der Waals surface area contributed by atoms with Gasteiger partial charge in [0.05, 0.1) is 18.1 Å². The first-order chi connectivity index (χ1) is 6.81. The van der Waals surface area contributed by atoms with E-state index >= 15 is 0 Å². The lowest BCUT2D eigenvalue weighted by Crippen LogP contribution is -2.15. The zero-order valence-electron chi connectivity index (χ0n) is 7.97. The van der Waals surface area contributed by atoms with Gasteiger partial charge >= 0.3 is 0 Å². The largest absolute Gasteiger partial charge is 0.480 e. The van der Waals surface area contributed by atoms with E-state index in [1.54, 1.807) is 13.2 Å². The van der Waals surface area contributed by atoms with E-state index in [4.69, 9.17) is 9.47 Å². The lowest BCUT2D eigenvalue weighted by Gasteiger charge is -2.14. The average Bonchev–Trinajstić information content (AvgIpc) is 2.88. The van der Waals surface area contributed by atoms with Crippen LogP contribution in [-0.2, 0) is 4.74 Å². The van der Waals surface area contributed by atoms with Gasteiger partial charge in [0, 0.05) is 12.7 Å². The summed E-state index contributed by atoms with van der Waals surface area (Å²) in [6.07, 6.45) is 1.32. The van der Waals surface area contributed by atoms with Crippen LogP contribution >= 0.6 is 11.5 Å². The number of aliphatic hydroxyl groups is 1. The first-order valence-electron chi connectivity index (χ1n) is 4.61. The van der Waals surface area contributed by atoms with E-state index in [-0.39, 0.29) is 6.10 Å². The van der Waals surface area contributed by atoms with Gasteiger partial charge in [-0.15, -0.1) is 0 Å². The van der Waals surface area contributed by atoms with Gasteiger partial charge in [-0.05, 0) is 24.4 Å². The number of nitrogens with zero attached hydrogens (tertiary/aromatic N) is 1. The van der Waals surface area contributed by atoms with Gasteiger partial charge in [0.25, 0.3) is 0 Å². The first-order valence-corrected chi connectivity index (χ1v) is 5.39. The lowest BCUT2D eigenvalue weighted by molar-refractivity contribution is -0.000824. The van der Waals surface area contributed by atoms with Crippen LogP contribution in [0.5, 0.6) is 5.88 Å². The van der Waals surface area contributed by atoms with E-state index in [1.807, 2.05) is 0 Å². The van der Waals surface area contributed by atoms with Crippen molar-refractivity contribution >= 4 is 11.5 Å². The molecular formula is C9H13NO3S. The van der Waals surface area contributed by atoms with E-state index in [0.717, 1.165) is 24.3 Å². The monoisotopic (exact) mass is 215 g/mol. The molecule has 1 aliphatic heterocycles. The molecule has 0 saturated carbocycles. The van der Waals surface area contributed by atoms with E-state index in [1.165, 1.54) is 11.5 Å². The molecule has 1 aromatic heterocycles. The van der Waals surface area contributed by atoms with Crippen LogP contribution in [0.25, 0.3) is 0 Å². The minimum Gasteiger partial charge on any atom is -0.480 e. The Morgan fingerprint density at radius 3 is 3.21 bits per heavy atom. The second-order valence-corrected chi connectivity index (χ2v) is 4.10. The Balaban J connectivity index is 2.05. The normalized spacial score (nSPS) is 23.7. The molecule has 1 N–H and O–H groups in total. The molecular weight excluding hydrogens is 202 g/mol. The molecule has 0 aliphatic carbocycles. The molecule has 2 unspecified atom stereocenters. The fourth-order valence-corrected chi connectivity index (χ4v) is 2.28. The predicted octanol–water partition coefficient (Wildman–Crippen LogP) is 1.36. The Labute approximate surface area is 86.6 Å². The van der Waals surface area contributed by atoms with Crippen LogP contribution in [0.1, 0.15) is 23.8 Å². The number of aliphatic hydroxyl groups excluding tert-OH is 1. The summed E-state index contributed by atoms with van der Waals surface area (Å²) in [5, 5.41) is 9.92. The molecule has 0 bridgehead atoms. The van der Waals surface area contributed by atoms with Crippen molar-refractivity contribution in [3.05, 3.63) is 10.9 Å². The number of ether oxygens (including phenoxy) is 2. The summed E-state index contributed by atoms with van der Waals surface area (Å²) in [5.41, 5.74) is 0. The van der Waals surface area contributed by atoms with Gasteiger partial charge in [-0.25, -0.2) is 0 Å². The van der Waals surface area contributed by atoms with Crippen molar-refractivity contribution in [3.63, 3.8) is 0 Å². The molecule has 78 valence electrons. The van der Waals surface area contributed by atoms with Crippen LogP contribution in [0.3, 0.4) is 0 Å². The highest BCUT2D eigenvalue weighted by Crippen LogP contribution is 2.30. The highest BCUT2D eigenvalue weighted by Gasteiger charge is 2.27. The maximum Gasteiger partial charge on any atom is 0.225 e. The van der Waals surface area contributed by atoms with Crippen molar-refractivity contribution in [1.82, 2.24) is 4.37 Å². The predicted molar refractivity (Wildman–Crippen MR) is 52.6 cm³/mol.